The van der Waals surface area contributed by atoms with Crippen molar-refractivity contribution in [1.29, 1.82) is 0 Å². The fourth-order valence-electron chi connectivity index (χ4n) is 6.04. The number of piperidine rings is 1. The van der Waals surface area contributed by atoms with Crippen molar-refractivity contribution in [2.24, 2.45) is 11.8 Å². The second kappa shape index (κ2) is 35.7. The van der Waals surface area contributed by atoms with Crippen molar-refractivity contribution >= 4 is 0 Å². The van der Waals surface area contributed by atoms with Crippen LogP contribution in [0.2, 0.25) is 0 Å². The molecule has 4 aliphatic rings. The molecule has 0 bridgehead atoms. The zero-order valence-electron chi connectivity index (χ0n) is 38.2. The molecule has 2 saturated carbocycles. The van der Waals surface area contributed by atoms with Crippen molar-refractivity contribution in [2.45, 2.75) is 224 Å². The Morgan fingerprint density at radius 3 is 1.91 bits per heavy atom. The average Bonchev–Trinajstić information content (AvgIpc) is 3.94. The maximum atomic E-state index is 6.31. The van der Waals surface area contributed by atoms with Crippen LogP contribution in [0.3, 0.4) is 0 Å². The molecule has 2 aliphatic heterocycles. The number of likely N-dealkylation sites (tertiary alicyclic amines) is 1. The van der Waals surface area contributed by atoms with Crippen LogP contribution in [0.4, 0.5) is 0 Å². The van der Waals surface area contributed by atoms with E-state index in [-0.39, 0.29) is 5.60 Å². The zero-order valence-corrected chi connectivity index (χ0v) is 38.2. The van der Waals surface area contributed by atoms with E-state index in [0.29, 0.717) is 12.7 Å². The molecule has 2 unspecified atom stereocenters. The van der Waals surface area contributed by atoms with Gasteiger partial charge >= 0.3 is 0 Å². The molecule has 4 heteroatoms. The molecule has 0 N–H and O–H groups in total. The quantitative estimate of drug-likeness (QED) is 0.140. The fraction of sp³-hybridized carbons (Fsp3) is 0.796. The Bertz CT molecular complexity index is 967. The van der Waals surface area contributed by atoms with Gasteiger partial charge in [0.25, 0.3) is 0 Å². The van der Waals surface area contributed by atoms with Gasteiger partial charge in [-0.2, -0.15) is 0 Å². The van der Waals surface area contributed by atoms with Crippen molar-refractivity contribution in [3.63, 3.8) is 0 Å². The van der Waals surface area contributed by atoms with Crippen molar-refractivity contribution in [2.75, 3.05) is 19.7 Å². The van der Waals surface area contributed by atoms with E-state index in [2.05, 4.69) is 89.8 Å². The zero-order chi connectivity index (χ0) is 40.3. The standard InChI is InChI=1S/C21H29NO2.C9H16O.C9H20.C4H10.3C2H6/c1-17-14-21(24-15-17)10-12-22(13-11-21)20(19-8-5-9-19)23-16-18-6-3-2-4-7-18;1-3-4-5-8(2)10-9-6-7-9;1-4-6-7-8-9(3)5-2;1-3-4-2;3*1-2/h2-4,6-7,17H,5,8-16H2,1H3;5,9H,3-4,6-7H2,1-2H3;9H,4-8H2,1-3H3;3-4H2,1-2H3;3*1-2H3/b;8-5-;;;;;. The van der Waals surface area contributed by atoms with E-state index in [1.165, 1.54) is 107 Å². The number of ether oxygens (including phenoxy) is 3. The molecule has 2 heterocycles. The molecule has 2 atom stereocenters. The molecule has 5 rings (SSSR count). The maximum absolute atomic E-state index is 6.31. The Morgan fingerprint density at radius 2 is 1.47 bits per heavy atom. The first-order valence-corrected chi connectivity index (χ1v) is 22.9. The van der Waals surface area contributed by atoms with Crippen molar-refractivity contribution in [3.05, 3.63) is 59.2 Å². The predicted octanol–water partition coefficient (Wildman–Crippen LogP) is 15.9. The number of rotatable bonds is 14. The molecule has 2 saturated heterocycles. The Hall–Kier alpha value is -1.94. The van der Waals surface area contributed by atoms with Gasteiger partial charge in [0.15, 0.2) is 5.88 Å². The van der Waals surface area contributed by atoms with Crippen molar-refractivity contribution < 1.29 is 14.2 Å². The smallest absolute Gasteiger partial charge is 0.188 e. The van der Waals surface area contributed by atoms with Crippen LogP contribution < -0.4 is 0 Å². The monoisotopic (exact) mass is 744 g/mol. The van der Waals surface area contributed by atoms with Gasteiger partial charge in [0, 0.05) is 19.7 Å². The van der Waals surface area contributed by atoms with Crippen LogP contribution >= 0.6 is 0 Å². The van der Waals surface area contributed by atoms with E-state index in [0.717, 1.165) is 56.6 Å². The molecule has 0 amide bonds. The lowest BCUT2D eigenvalue weighted by Crippen LogP contribution is -2.44. The molecular formula is C49H93NO3. The van der Waals surface area contributed by atoms with Gasteiger partial charge < -0.3 is 19.1 Å². The second-order valence-electron chi connectivity index (χ2n) is 14.8. The summed E-state index contributed by atoms with van der Waals surface area (Å²) in [5, 5.41) is 0. The molecule has 4 nitrogen and oxygen atoms in total. The summed E-state index contributed by atoms with van der Waals surface area (Å²) in [5.74, 6) is 3.96. The van der Waals surface area contributed by atoms with Gasteiger partial charge in [-0.15, -0.1) is 0 Å². The Balaban J connectivity index is 0. The fourth-order valence-corrected chi connectivity index (χ4v) is 6.04. The van der Waals surface area contributed by atoms with Crippen LogP contribution in [0, 0.1) is 11.8 Å². The molecule has 1 aromatic carbocycles. The van der Waals surface area contributed by atoms with Gasteiger partial charge in [0.05, 0.1) is 17.5 Å². The van der Waals surface area contributed by atoms with Crippen LogP contribution in [0.5, 0.6) is 0 Å². The molecule has 0 aromatic heterocycles. The Kier molecular flexibility index (Phi) is 35.9. The summed E-state index contributed by atoms with van der Waals surface area (Å²) in [6, 6.07) is 10.5. The van der Waals surface area contributed by atoms with Gasteiger partial charge in [-0.25, -0.2) is 0 Å². The summed E-state index contributed by atoms with van der Waals surface area (Å²) in [7, 11) is 0. The predicted molar refractivity (Wildman–Crippen MR) is 236 cm³/mol. The molecule has 1 aromatic rings. The molecule has 0 radical (unpaired) electrons. The Labute approximate surface area is 333 Å². The van der Waals surface area contributed by atoms with Crippen molar-refractivity contribution in [1.82, 2.24) is 4.90 Å². The molecular weight excluding hydrogens is 651 g/mol. The third-order valence-corrected chi connectivity index (χ3v) is 9.93. The first-order chi connectivity index (χ1) is 25.8. The topological polar surface area (TPSA) is 30.9 Å². The van der Waals surface area contributed by atoms with Gasteiger partial charge in [0.1, 0.15) is 6.61 Å². The second-order valence-corrected chi connectivity index (χ2v) is 14.8. The molecule has 4 fully saturated rings. The van der Waals surface area contributed by atoms with Gasteiger partial charge in [-0.05, 0) is 93.8 Å². The van der Waals surface area contributed by atoms with E-state index in [9.17, 15) is 0 Å². The summed E-state index contributed by atoms with van der Waals surface area (Å²) >= 11 is 0. The third kappa shape index (κ3) is 25.7. The van der Waals surface area contributed by atoms with Crippen LogP contribution in [0.1, 0.15) is 212 Å². The summed E-state index contributed by atoms with van der Waals surface area (Å²) in [5.41, 5.74) is 2.92. The molecule has 312 valence electrons. The van der Waals surface area contributed by atoms with Crippen LogP contribution in [-0.4, -0.2) is 36.3 Å². The van der Waals surface area contributed by atoms with E-state index in [1.54, 1.807) is 0 Å². The normalized spacial score (nSPS) is 18.5. The lowest BCUT2D eigenvalue weighted by atomic mass is 9.85. The molecule has 1 spiro atoms. The summed E-state index contributed by atoms with van der Waals surface area (Å²) in [6.45, 7) is 33.5. The van der Waals surface area contributed by atoms with Gasteiger partial charge in [-0.1, -0.05) is 172 Å². The van der Waals surface area contributed by atoms with Gasteiger partial charge in [0.2, 0.25) is 0 Å². The first kappa shape index (κ1) is 53.2. The first-order valence-electron chi connectivity index (χ1n) is 22.9. The van der Waals surface area contributed by atoms with E-state index in [4.69, 9.17) is 14.2 Å². The molecule has 2 aliphatic carbocycles. The number of hydrogen-bond donors (Lipinski definition) is 0. The third-order valence-electron chi connectivity index (χ3n) is 9.93. The highest BCUT2D eigenvalue weighted by molar-refractivity contribution is 5.18. The minimum atomic E-state index is 0.157. The minimum Gasteiger partial charge on any atom is -0.495 e. The highest BCUT2D eigenvalue weighted by atomic mass is 16.5. The molecule has 53 heavy (non-hydrogen) atoms. The van der Waals surface area contributed by atoms with Crippen LogP contribution in [-0.2, 0) is 20.8 Å². The van der Waals surface area contributed by atoms with Crippen LogP contribution in [0.15, 0.2) is 53.6 Å². The average molecular weight is 744 g/mol. The van der Waals surface area contributed by atoms with Gasteiger partial charge in [-0.3, -0.25) is 0 Å². The Morgan fingerprint density at radius 1 is 0.868 bits per heavy atom. The number of nitrogens with zero attached hydrogens (tertiary/aromatic N) is 1. The highest BCUT2D eigenvalue weighted by Gasteiger charge is 2.42. The maximum Gasteiger partial charge on any atom is 0.188 e. The summed E-state index contributed by atoms with van der Waals surface area (Å²) in [4.78, 5) is 2.48. The summed E-state index contributed by atoms with van der Waals surface area (Å²) < 4.78 is 18.0. The van der Waals surface area contributed by atoms with E-state index < -0.39 is 0 Å². The minimum absolute atomic E-state index is 0.157. The largest absolute Gasteiger partial charge is 0.495 e. The number of hydrogen-bond acceptors (Lipinski definition) is 4. The van der Waals surface area contributed by atoms with E-state index in [1.807, 2.05) is 48.5 Å². The number of unbranched alkanes of at least 4 members (excludes halogenated alkanes) is 4. The lowest BCUT2D eigenvalue weighted by Gasteiger charge is -2.41. The van der Waals surface area contributed by atoms with Crippen LogP contribution in [0.25, 0.3) is 0 Å². The summed E-state index contributed by atoms with van der Waals surface area (Å²) in [6.07, 6.45) is 24.5. The number of benzene rings is 1. The highest BCUT2D eigenvalue weighted by Crippen LogP contribution is 2.40. The lowest BCUT2D eigenvalue weighted by molar-refractivity contribution is -0.0504. The SMILES string of the molecule is CC.CC.CC.CC1COC2(CCN(C(OCc3ccccc3)=C3CCC3)CC2)C1.CCC/C=C(/C)OC1CC1.CCCC.CCCCCC(C)CC. The van der Waals surface area contributed by atoms with Crippen molar-refractivity contribution in [3.8, 4) is 0 Å². The number of allylic oxidation sites excluding steroid dienone is 3. The van der Waals surface area contributed by atoms with E-state index >= 15 is 0 Å².